The van der Waals surface area contributed by atoms with Crippen LogP contribution in [0.5, 0.6) is 0 Å². The maximum absolute atomic E-state index is 7.26. The Bertz CT molecular complexity index is 371. The van der Waals surface area contributed by atoms with Crippen LogP contribution in [0.4, 0.5) is 0 Å². The van der Waals surface area contributed by atoms with Gasteiger partial charge in [0.25, 0.3) is 0 Å². The third-order valence-electron chi connectivity index (χ3n) is 1.95. The summed E-state index contributed by atoms with van der Waals surface area (Å²) >= 11 is 13.2. The SMILES string of the molecule is CCC(SC(=N)N)c1ccc(Cl)cc1Cl.Cl. The van der Waals surface area contributed by atoms with Crippen molar-refractivity contribution in [1.29, 1.82) is 5.41 Å². The summed E-state index contributed by atoms with van der Waals surface area (Å²) in [5.41, 5.74) is 6.34. The smallest absolute Gasteiger partial charge is 0.151 e. The fourth-order valence-electron chi connectivity index (χ4n) is 1.28. The van der Waals surface area contributed by atoms with Crippen LogP contribution >= 0.6 is 47.4 Å². The Morgan fingerprint density at radius 3 is 2.56 bits per heavy atom. The van der Waals surface area contributed by atoms with Gasteiger partial charge in [-0.15, -0.1) is 12.4 Å². The average molecular weight is 300 g/mol. The molecular weight excluding hydrogens is 287 g/mol. The highest BCUT2D eigenvalue weighted by atomic mass is 35.5. The van der Waals surface area contributed by atoms with Gasteiger partial charge in [-0.3, -0.25) is 5.41 Å². The lowest BCUT2D eigenvalue weighted by Crippen LogP contribution is -2.07. The molecule has 6 heteroatoms. The molecule has 1 unspecified atom stereocenters. The van der Waals surface area contributed by atoms with Crippen molar-refractivity contribution in [2.24, 2.45) is 5.73 Å². The van der Waals surface area contributed by atoms with Crippen LogP contribution in [0.3, 0.4) is 0 Å². The number of benzene rings is 1. The molecule has 0 saturated heterocycles. The third kappa shape index (κ3) is 4.42. The van der Waals surface area contributed by atoms with E-state index in [1.165, 1.54) is 11.8 Å². The molecule has 2 nitrogen and oxygen atoms in total. The number of hydrogen-bond donors (Lipinski definition) is 2. The third-order valence-corrected chi connectivity index (χ3v) is 3.64. The molecule has 1 rings (SSSR count). The highest BCUT2D eigenvalue weighted by Crippen LogP contribution is 2.36. The van der Waals surface area contributed by atoms with Crippen LogP contribution in [0.15, 0.2) is 18.2 Å². The summed E-state index contributed by atoms with van der Waals surface area (Å²) < 4.78 is 0. The van der Waals surface area contributed by atoms with Crippen molar-refractivity contribution in [3.8, 4) is 0 Å². The topological polar surface area (TPSA) is 49.9 Å². The second-order valence-corrected chi connectivity index (χ2v) is 5.13. The monoisotopic (exact) mass is 298 g/mol. The van der Waals surface area contributed by atoms with E-state index < -0.39 is 0 Å². The molecule has 1 aromatic rings. The molecular formula is C10H13Cl3N2S. The van der Waals surface area contributed by atoms with E-state index >= 15 is 0 Å². The maximum atomic E-state index is 7.26. The number of hydrogen-bond acceptors (Lipinski definition) is 2. The van der Waals surface area contributed by atoms with Gasteiger partial charge in [0.15, 0.2) is 5.17 Å². The fourth-order valence-corrected chi connectivity index (χ4v) is 2.69. The van der Waals surface area contributed by atoms with Gasteiger partial charge in [-0.05, 0) is 24.1 Å². The number of nitrogens with two attached hydrogens (primary N) is 1. The molecule has 0 bridgehead atoms. The molecule has 1 aromatic carbocycles. The van der Waals surface area contributed by atoms with E-state index in [0.717, 1.165) is 12.0 Å². The Labute approximate surface area is 116 Å². The van der Waals surface area contributed by atoms with E-state index in [1.807, 2.05) is 13.0 Å². The zero-order chi connectivity index (χ0) is 11.4. The van der Waals surface area contributed by atoms with Gasteiger partial charge in [0, 0.05) is 15.3 Å². The normalized spacial score (nSPS) is 11.7. The van der Waals surface area contributed by atoms with Crippen molar-refractivity contribution in [3.05, 3.63) is 33.8 Å². The first-order valence-electron chi connectivity index (χ1n) is 4.50. The molecule has 0 amide bonds. The van der Waals surface area contributed by atoms with E-state index in [2.05, 4.69) is 0 Å². The Kier molecular flexibility index (Phi) is 7.24. The van der Waals surface area contributed by atoms with Gasteiger partial charge in [0.1, 0.15) is 0 Å². The number of amidine groups is 1. The van der Waals surface area contributed by atoms with E-state index in [4.69, 9.17) is 34.3 Å². The van der Waals surface area contributed by atoms with Crippen molar-refractivity contribution < 1.29 is 0 Å². The van der Waals surface area contributed by atoms with Crippen molar-refractivity contribution >= 4 is 52.5 Å². The minimum atomic E-state index is 0. The zero-order valence-corrected chi connectivity index (χ0v) is 11.8. The molecule has 90 valence electrons. The summed E-state index contributed by atoms with van der Waals surface area (Å²) in [6.45, 7) is 2.03. The van der Waals surface area contributed by atoms with Crippen LogP contribution in [0, 0.1) is 5.41 Å². The van der Waals surface area contributed by atoms with E-state index in [-0.39, 0.29) is 22.8 Å². The van der Waals surface area contributed by atoms with E-state index in [0.29, 0.717) is 10.0 Å². The van der Waals surface area contributed by atoms with Crippen molar-refractivity contribution in [2.45, 2.75) is 18.6 Å². The van der Waals surface area contributed by atoms with Crippen LogP contribution in [0.25, 0.3) is 0 Å². The lowest BCUT2D eigenvalue weighted by molar-refractivity contribution is 0.900. The Morgan fingerprint density at radius 2 is 2.12 bits per heavy atom. The summed E-state index contributed by atoms with van der Waals surface area (Å²) in [5.74, 6) is 0. The molecule has 0 radical (unpaired) electrons. The van der Waals surface area contributed by atoms with Crippen LogP contribution in [0.1, 0.15) is 24.2 Å². The first-order chi connectivity index (χ1) is 7.04. The molecule has 0 spiro atoms. The molecule has 0 aliphatic heterocycles. The predicted molar refractivity (Wildman–Crippen MR) is 76.2 cm³/mol. The second kappa shape index (κ2) is 7.28. The highest BCUT2D eigenvalue weighted by Gasteiger charge is 2.14. The zero-order valence-electron chi connectivity index (χ0n) is 8.67. The Balaban J connectivity index is 0.00000225. The molecule has 0 fully saturated rings. The molecule has 0 saturated carbocycles. The number of nitrogens with one attached hydrogen (secondary N) is 1. The molecule has 0 heterocycles. The Morgan fingerprint density at radius 1 is 1.50 bits per heavy atom. The van der Waals surface area contributed by atoms with Crippen LogP contribution in [-0.2, 0) is 0 Å². The van der Waals surface area contributed by atoms with Gasteiger partial charge in [0.2, 0.25) is 0 Å². The molecule has 0 aliphatic carbocycles. The molecule has 1 atom stereocenters. The first kappa shape index (κ1) is 15.9. The quantitative estimate of drug-likeness (QED) is 0.638. The van der Waals surface area contributed by atoms with Crippen molar-refractivity contribution in [2.75, 3.05) is 0 Å². The van der Waals surface area contributed by atoms with Crippen LogP contribution in [-0.4, -0.2) is 5.17 Å². The molecule has 16 heavy (non-hydrogen) atoms. The lowest BCUT2D eigenvalue weighted by Gasteiger charge is -2.15. The number of rotatable bonds is 3. The second-order valence-electron chi connectivity index (χ2n) is 3.04. The van der Waals surface area contributed by atoms with Gasteiger partial charge in [0.05, 0.1) is 0 Å². The van der Waals surface area contributed by atoms with Crippen LogP contribution in [0.2, 0.25) is 10.0 Å². The van der Waals surface area contributed by atoms with Crippen molar-refractivity contribution in [1.82, 2.24) is 0 Å². The largest absolute Gasteiger partial charge is 0.379 e. The average Bonchev–Trinajstić information content (AvgIpc) is 2.14. The Hall–Kier alpha value is -0.0900. The minimum Gasteiger partial charge on any atom is -0.379 e. The highest BCUT2D eigenvalue weighted by molar-refractivity contribution is 8.13. The van der Waals surface area contributed by atoms with Crippen molar-refractivity contribution in [3.63, 3.8) is 0 Å². The lowest BCUT2D eigenvalue weighted by atomic mass is 10.1. The molecule has 3 N–H and O–H groups in total. The van der Waals surface area contributed by atoms with E-state index in [1.54, 1.807) is 12.1 Å². The van der Waals surface area contributed by atoms with Crippen LogP contribution < -0.4 is 5.73 Å². The fraction of sp³-hybridized carbons (Fsp3) is 0.300. The summed E-state index contributed by atoms with van der Waals surface area (Å²) in [6.07, 6.45) is 0.867. The minimum absolute atomic E-state index is 0. The predicted octanol–water partition coefficient (Wildman–Crippen LogP) is 4.49. The summed E-state index contributed by atoms with van der Waals surface area (Å²) in [4.78, 5) is 0. The van der Waals surface area contributed by atoms with E-state index in [9.17, 15) is 0 Å². The number of thioether (sulfide) groups is 1. The number of halogens is 3. The summed E-state index contributed by atoms with van der Waals surface area (Å²) in [7, 11) is 0. The van der Waals surface area contributed by atoms with Gasteiger partial charge >= 0.3 is 0 Å². The van der Waals surface area contributed by atoms with Gasteiger partial charge in [-0.1, -0.05) is 48.0 Å². The summed E-state index contributed by atoms with van der Waals surface area (Å²) in [5, 5.41) is 8.73. The maximum Gasteiger partial charge on any atom is 0.151 e. The first-order valence-corrected chi connectivity index (χ1v) is 6.13. The molecule has 0 aliphatic rings. The molecule has 0 aromatic heterocycles. The van der Waals surface area contributed by atoms with Gasteiger partial charge in [-0.2, -0.15) is 0 Å². The van der Waals surface area contributed by atoms with Gasteiger partial charge < -0.3 is 5.73 Å². The standard InChI is InChI=1S/C10H12Cl2N2S.ClH/c1-2-9(15-10(13)14)7-4-3-6(11)5-8(7)12;/h3-5,9H,2H2,1H3,(H3,13,14);1H. The summed E-state index contributed by atoms with van der Waals surface area (Å²) in [6, 6.07) is 5.39. The van der Waals surface area contributed by atoms with Gasteiger partial charge in [-0.25, -0.2) is 0 Å².